The van der Waals surface area contributed by atoms with Gasteiger partial charge in [0.15, 0.2) is 0 Å². The van der Waals surface area contributed by atoms with Crippen LogP contribution in [0.25, 0.3) is 0 Å². The Hall–Kier alpha value is -2.47. The quantitative estimate of drug-likeness (QED) is 0.834. The Morgan fingerprint density at radius 2 is 1.20 bits per heavy atom. The predicted octanol–water partition coefficient (Wildman–Crippen LogP) is 2.88. The summed E-state index contributed by atoms with van der Waals surface area (Å²) < 4.78 is 0. The van der Waals surface area contributed by atoms with Crippen molar-refractivity contribution in [3.63, 3.8) is 0 Å². The lowest BCUT2D eigenvalue weighted by molar-refractivity contribution is 0.653. The molecule has 0 aromatic heterocycles. The van der Waals surface area contributed by atoms with Crippen molar-refractivity contribution in [2.45, 2.75) is 0 Å². The maximum atomic E-state index is 8.83. The van der Waals surface area contributed by atoms with Gasteiger partial charge in [-0.15, -0.1) is 0 Å². The Labute approximate surface area is 119 Å². The molecule has 0 saturated carbocycles. The van der Waals surface area contributed by atoms with E-state index in [0.717, 1.165) is 31.7 Å². The molecule has 2 aromatic carbocycles. The van der Waals surface area contributed by atoms with E-state index < -0.39 is 0 Å². The summed E-state index contributed by atoms with van der Waals surface area (Å²) in [5.41, 5.74) is 3.22. The monoisotopic (exact) mass is 263 g/mol. The lowest BCUT2D eigenvalue weighted by Gasteiger charge is -2.37. The van der Waals surface area contributed by atoms with Gasteiger partial charge in [0.05, 0.1) is 11.6 Å². The van der Waals surface area contributed by atoms with Crippen molar-refractivity contribution in [2.24, 2.45) is 0 Å². The molecule has 0 N–H and O–H groups in total. The highest BCUT2D eigenvalue weighted by Crippen LogP contribution is 2.20. The van der Waals surface area contributed by atoms with Gasteiger partial charge in [-0.05, 0) is 36.4 Å². The molecule has 0 bridgehead atoms. The average Bonchev–Trinajstić information content (AvgIpc) is 2.56. The molecule has 2 aromatic rings. The van der Waals surface area contributed by atoms with Crippen LogP contribution in [0.2, 0.25) is 0 Å². The van der Waals surface area contributed by atoms with E-state index in [1.165, 1.54) is 11.4 Å². The normalized spacial score (nSPS) is 14.9. The van der Waals surface area contributed by atoms with Gasteiger partial charge in [-0.3, -0.25) is 0 Å². The molecule has 3 nitrogen and oxygen atoms in total. The molecular formula is C17H17N3. The zero-order valence-electron chi connectivity index (χ0n) is 11.4. The number of hydrogen-bond donors (Lipinski definition) is 0. The van der Waals surface area contributed by atoms with Crippen molar-refractivity contribution in [3.05, 3.63) is 60.2 Å². The third-order valence-corrected chi connectivity index (χ3v) is 3.76. The number of hydrogen-bond acceptors (Lipinski definition) is 3. The fraction of sp³-hybridized carbons (Fsp3) is 0.235. The third-order valence-electron chi connectivity index (χ3n) is 3.76. The summed E-state index contributed by atoms with van der Waals surface area (Å²) in [6.45, 7) is 4.09. The topological polar surface area (TPSA) is 30.3 Å². The van der Waals surface area contributed by atoms with Gasteiger partial charge in [-0.25, -0.2) is 0 Å². The minimum Gasteiger partial charge on any atom is -0.368 e. The number of anilines is 2. The lowest BCUT2D eigenvalue weighted by Crippen LogP contribution is -2.46. The van der Waals surface area contributed by atoms with Crippen LogP contribution in [0, 0.1) is 11.3 Å². The summed E-state index contributed by atoms with van der Waals surface area (Å²) in [5, 5.41) is 8.83. The molecular weight excluding hydrogens is 246 g/mol. The zero-order valence-corrected chi connectivity index (χ0v) is 11.4. The lowest BCUT2D eigenvalue weighted by atomic mass is 10.2. The van der Waals surface area contributed by atoms with E-state index in [1.54, 1.807) is 0 Å². The van der Waals surface area contributed by atoms with E-state index in [-0.39, 0.29) is 0 Å². The Morgan fingerprint density at radius 1 is 0.700 bits per heavy atom. The molecule has 1 aliphatic heterocycles. The first-order valence-corrected chi connectivity index (χ1v) is 6.92. The maximum Gasteiger partial charge on any atom is 0.0991 e. The molecule has 1 heterocycles. The summed E-state index contributed by atoms with van der Waals surface area (Å²) in [7, 11) is 0. The second-order valence-corrected chi connectivity index (χ2v) is 4.97. The summed E-state index contributed by atoms with van der Waals surface area (Å²) in [4.78, 5) is 4.79. The standard InChI is InChI=1S/C17H17N3/c18-14-15-6-8-17(9-7-15)20-12-10-19(11-13-20)16-4-2-1-3-5-16/h1-9H,10-13H2. The second-order valence-electron chi connectivity index (χ2n) is 4.97. The molecule has 1 fully saturated rings. The van der Waals surface area contributed by atoms with Crippen LogP contribution in [0.4, 0.5) is 11.4 Å². The van der Waals surface area contributed by atoms with Crippen LogP contribution in [0.3, 0.4) is 0 Å². The highest BCUT2D eigenvalue weighted by molar-refractivity contribution is 5.53. The predicted molar refractivity (Wildman–Crippen MR) is 82.0 cm³/mol. The van der Waals surface area contributed by atoms with E-state index in [9.17, 15) is 0 Å². The van der Waals surface area contributed by atoms with Crippen LogP contribution in [-0.4, -0.2) is 26.2 Å². The second kappa shape index (κ2) is 5.66. The Kier molecular flexibility index (Phi) is 3.56. The van der Waals surface area contributed by atoms with E-state index in [1.807, 2.05) is 24.3 Å². The average molecular weight is 263 g/mol. The van der Waals surface area contributed by atoms with Crippen molar-refractivity contribution >= 4 is 11.4 Å². The van der Waals surface area contributed by atoms with E-state index in [4.69, 9.17) is 5.26 Å². The van der Waals surface area contributed by atoms with E-state index in [0.29, 0.717) is 0 Å². The van der Waals surface area contributed by atoms with Crippen molar-refractivity contribution < 1.29 is 0 Å². The number of piperazine rings is 1. The van der Waals surface area contributed by atoms with Crippen LogP contribution in [0.1, 0.15) is 5.56 Å². The molecule has 20 heavy (non-hydrogen) atoms. The summed E-state index contributed by atoms with van der Waals surface area (Å²) in [5.74, 6) is 0. The molecule has 3 heteroatoms. The Morgan fingerprint density at radius 3 is 1.70 bits per heavy atom. The van der Waals surface area contributed by atoms with Crippen molar-refractivity contribution in [1.82, 2.24) is 0 Å². The first kappa shape index (κ1) is 12.6. The van der Waals surface area contributed by atoms with Gasteiger partial charge in [-0.2, -0.15) is 5.26 Å². The zero-order chi connectivity index (χ0) is 13.8. The van der Waals surface area contributed by atoms with Crippen LogP contribution in [-0.2, 0) is 0 Å². The van der Waals surface area contributed by atoms with Gasteiger partial charge in [0.1, 0.15) is 0 Å². The van der Waals surface area contributed by atoms with Crippen molar-refractivity contribution in [1.29, 1.82) is 5.26 Å². The SMILES string of the molecule is N#Cc1ccc(N2CCN(c3ccccc3)CC2)cc1. The Balaban J connectivity index is 1.65. The molecule has 1 aliphatic rings. The number of para-hydroxylation sites is 1. The van der Waals surface area contributed by atoms with E-state index in [2.05, 4.69) is 46.2 Å². The number of nitriles is 1. The van der Waals surface area contributed by atoms with E-state index >= 15 is 0 Å². The smallest absolute Gasteiger partial charge is 0.0991 e. The molecule has 0 radical (unpaired) electrons. The third kappa shape index (κ3) is 2.60. The van der Waals surface area contributed by atoms with Gasteiger partial charge < -0.3 is 9.80 Å². The summed E-state index contributed by atoms with van der Waals surface area (Å²) in [6, 6.07) is 20.6. The number of nitrogens with zero attached hydrogens (tertiary/aromatic N) is 3. The largest absolute Gasteiger partial charge is 0.368 e. The molecule has 3 rings (SSSR count). The molecule has 0 unspecified atom stereocenters. The summed E-state index contributed by atoms with van der Waals surface area (Å²) in [6.07, 6.45) is 0. The molecule has 0 atom stereocenters. The molecule has 100 valence electrons. The van der Waals surface area contributed by atoms with Crippen LogP contribution >= 0.6 is 0 Å². The van der Waals surface area contributed by atoms with Gasteiger partial charge in [0.25, 0.3) is 0 Å². The number of benzene rings is 2. The Bertz CT molecular complexity index is 590. The van der Waals surface area contributed by atoms with Gasteiger partial charge in [0, 0.05) is 37.6 Å². The first-order valence-electron chi connectivity index (χ1n) is 6.92. The van der Waals surface area contributed by atoms with Crippen molar-refractivity contribution in [3.8, 4) is 6.07 Å². The first-order chi connectivity index (χ1) is 9.86. The number of rotatable bonds is 2. The van der Waals surface area contributed by atoms with Gasteiger partial charge in [0.2, 0.25) is 0 Å². The van der Waals surface area contributed by atoms with Gasteiger partial charge >= 0.3 is 0 Å². The minimum atomic E-state index is 0.719. The van der Waals surface area contributed by atoms with Gasteiger partial charge in [-0.1, -0.05) is 18.2 Å². The van der Waals surface area contributed by atoms with Crippen LogP contribution in [0.15, 0.2) is 54.6 Å². The molecule has 0 aliphatic carbocycles. The highest BCUT2D eigenvalue weighted by atomic mass is 15.3. The van der Waals surface area contributed by atoms with Crippen molar-refractivity contribution in [2.75, 3.05) is 36.0 Å². The molecule has 0 spiro atoms. The fourth-order valence-corrected chi connectivity index (χ4v) is 2.61. The summed E-state index contributed by atoms with van der Waals surface area (Å²) >= 11 is 0. The van der Waals surface area contributed by atoms with Crippen LogP contribution < -0.4 is 9.80 Å². The highest BCUT2D eigenvalue weighted by Gasteiger charge is 2.17. The maximum absolute atomic E-state index is 8.83. The molecule has 1 saturated heterocycles. The molecule has 0 amide bonds. The van der Waals surface area contributed by atoms with Crippen LogP contribution in [0.5, 0.6) is 0 Å². The minimum absolute atomic E-state index is 0.719. The fourth-order valence-electron chi connectivity index (χ4n) is 2.61.